The van der Waals surface area contributed by atoms with Gasteiger partial charge >= 0.3 is 6.36 Å². The molecule has 1 rings (SSSR count). The number of carbonyl (C=O) groups excluding carboxylic acids is 1. The zero-order chi connectivity index (χ0) is 15.7. The van der Waals surface area contributed by atoms with Gasteiger partial charge in [-0.1, -0.05) is 18.2 Å². The molecule has 0 saturated carbocycles. The number of halogens is 3. The molecule has 0 spiro atoms. The molecule has 0 unspecified atom stereocenters. The highest BCUT2D eigenvalue weighted by atomic mass is 19.4. The Bertz CT molecular complexity index is 450. The van der Waals surface area contributed by atoms with Gasteiger partial charge in [0.15, 0.2) is 0 Å². The Morgan fingerprint density at radius 3 is 2.62 bits per heavy atom. The minimum absolute atomic E-state index is 0.112. The molecule has 21 heavy (non-hydrogen) atoms. The molecule has 0 atom stereocenters. The van der Waals surface area contributed by atoms with Crippen LogP contribution in [0.25, 0.3) is 0 Å². The number of unbranched alkanes of at least 4 members (excludes halogenated alkanes) is 1. The van der Waals surface area contributed by atoms with Crippen molar-refractivity contribution in [2.45, 2.75) is 32.0 Å². The van der Waals surface area contributed by atoms with Gasteiger partial charge in [0, 0.05) is 13.0 Å². The molecule has 0 radical (unpaired) electrons. The normalized spacial score (nSPS) is 11.2. The van der Waals surface area contributed by atoms with Gasteiger partial charge in [-0.25, -0.2) is 0 Å². The van der Waals surface area contributed by atoms with E-state index in [2.05, 4.69) is 10.1 Å². The number of carbonyl (C=O) groups is 1. The summed E-state index contributed by atoms with van der Waals surface area (Å²) in [6.07, 6.45) is -2.82. The number of hydrogen-bond donors (Lipinski definition) is 2. The topological polar surface area (TPSA) is 64.3 Å². The Hall–Kier alpha value is -1.76. The molecule has 0 fully saturated rings. The number of nitrogens with one attached hydrogen (secondary N) is 1. The number of benzene rings is 1. The molecular formula is C14H19F3N2O2. The molecule has 1 amide bonds. The molecular weight excluding hydrogens is 285 g/mol. The van der Waals surface area contributed by atoms with Crippen molar-refractivity contribution < 1.29 is 22.7 Å². The van der Waals surface area contributed by atoms with Crippen LogP contribution in [0.1, 0.15) is 24.8 Å². The molecule has 0 heterocycles. The number of nitrogens with two attached hydrogens (primary N) is 1. The van der Waals surface area contributed by atoms with E-state index >= 15 is 0 Å². The smallest absolute Gasteiger partial charge is 0.406 e. The van der Waals surface area contributed by atoms with E-state index in [1.807, 2.05) is 0 Å². The fraction of sp³-hybridized carbons (Fsp3) is 0.500. The van der Waals surface area contributed by atoms with Crippen LogP contribution in [0.4, 0.5) is 13.2 Å². The summed E-state index contributed by atoms with van der Waals surface area (Å²) in [4.78, 5) is 11.6. The number of ether oxygens (including phenoxy) is 1. The van der Waals surface area contributed by atoms with Gasteiger partial charge in [0.05, 0.1) is 0 Å². The fourth-order valence-corrected chi connectivity index (χ4v) is 1.77. The summed E-state index contributed by atoms with van der Waals surface area (Å²) in [6, 6.07) is 5.82. The summed E-state index contributed by atoms with van der Waals surface area (Å²) in [6.45, 7) is 1.09. The van der Waals surface area contributed by atoms with Crippen molar-refractivity contribution in [2.75, 3.05) is 13.1 Å². The molecule has 118 valence electrons. The molecule has 0 saturated heterocycles. The third kappa shape index (κ3) is 7.55. The molecule has 0 bridgehead atoms. The van der Waals surface area contributed by atoms with Crippen molar-refractivity contribution in [1.82, 2.24) is 5.32 Å². The quantitative estimate of drug-likeness (QED) is 0.725. The maximum atomic E-state index is 12.2. The average molecular weight is 304 g/mol. The van der Waals surface area contributed by atoms with Gasteiger partial charge in [-0.05, 0) is 37.4 Å². The Kier molecular flexibility index (Phi) is 7.01. The van der Waals surface area contributed by atoms with Crippen LogP contribution in [0.15, 0.2) is 24.3 Å². The Labute approximate surface area is 121 Å². The lowest BCUT2D eigenvalue weighted by atomic mass is 10.1. The van der Waals surface area contributed by atoms with E-state index in [4.69, 9.17) is 5.73 Å². The van der Waals surface area contributed by atoms with Gasteiger partial charge in [-0.15, -0.1) is 13.2 Å². The number of rotatable bonds is 8. The molecule has 3 N–H and O–H groups in total. The van der Waals surface area contributed by atoms with Crippen molar-refractivity contribution in [3.05, 3.63) is 29.8 Å². The van der Waals surface area contributed by atoms with Crippen molar-refractivity contribution in [2.24, 2.45) is 5.73 Å². The van der Waals surface area contributed by atoms with Gasteiger partial charge in [0.2, 0.25) is 5.91 Å². The van der Waals surface area contributed by atoms with Crippen LogP contribution >= 0.6 is 0 Å². The van der Waals surface area contributed by atoms with Gasteiger partial charge in [-0.2, -0.15) is 0 Å². The lowest BCUT2D eigenvalue weighted by Crippen LogP contribution is -2.25. The molecule has 0 aromatic heterocycles. The maximum absolute atomic E-state index is 12.2. The Morgan fingerprint density at radius 2 is 1.95 bits per heavy atom. The van der Waals surface area contributed by atoms with E-state index in [1.165, 1.54) is 18.2 Å². The van der Waals surface area contributed by atoms with Crippen molar-refractivity contribution in [3.8, 4) is 5.75 Å². The highest BCUT2D eigenvalue weighted by molar-refractivity contribution is 5.76. The monoisotopic (exact) mass is 304 g/mol. The fourth-order valence-electron chi connectivity index (χ4n) is 1.77. The zero-order valence-electron chi connectivity index (χ0n) is 11.6. The number of hydrogen-bond acceptors (Lipinski definition) is 3. The van der Waals surface area contributed by atoms with Gasteiger partial charge in [0.1, 0.15) is 5.75 Å². The first-order chi connectivity index (χ1) is 9.92. The maximum Gasteiger partial charge on any atom is 0.573 e. The highest BCUT2D eigenvalue weighted by Gasteiger charge is 2.31. The summed E-state index contributed by atoms with van der Waals surface area (Å²) >= 11 is 0. The minimum Gasteiger partial charge on any atom is -0.406 e. The second kappa shape index (κ2) is 8.51. The van der Waals surface area contributed by atoms with Crippen molar-refractivity contribution in [3.63, 3.8) is 0 Å². The van der Waals surface area contributed by atoms with E-state index < -0.39 is 6.36 Å². The molecule has 0 aliphatic carbocycles. The summed E-state index contributed by atoms with van der Waals surface area (Å²) in [5.41, 5.74) is 5.68. The van der Waals surface area contributed by atoms with Crippen LogP contribution in [-0.2, 0) is 11.2 Å². The molecule has 0 aliphatic rings. The highest BCUT2D eigenvalue weighted by Crippen LogP contribution is 2.26. The number of para-hydroxylation sites is 1. The van der Waals surface area contributed by atoms with Crippen molar-refractivity contribution >= 4 is 5.91 Å². The van der Waals surface area contributed by atoms with E-state index in [0.717, 1.165) is 12.8 Å². The third-order valence-electron chi connectivity index (χ3n) is 2.77. The summed E-state index contributed by atoms with van der Waals surface area (Å²) in [5.74, 6) is -0.463. The second-order valence-electron chi connectivity index (χ2n) is 4.50. The van der Waals surface area contributed by atoms with E-state index in [0.29, 0.717) is 18.7 Å². The van der Waals surface area contributed by atoms with Crippen LogP contribution in [-0.4, -0.2) is 25.4 Å². The largest absolute Gasteiger partial charge is 0.573 e. The van der Waals surface area contributed by atoms with Crippen LogP contribution in [0, 0.1) is 0 Å². The van der Waals surface area contributed by atoms with Gasteiger partial charge in [0.25, 0.3) is 0 Å². The van der Waals surface area contributed by atoms with Gasteiger partial charge < -0.3 is 15.8 Å². The zero-order valence-corrected chi connectivity index (χ0v) is 11.6. The van der Waals surface area contributed by atoms with Gasteiger partial charge in [-0.3, -0.25) is 4.79 Å². The number of alkyl halides is 3. The van der Waals surface area contributed by atoms with Crippen molar-refractivity contribution in [1.29, 1.82) is 0 Å². The second-order valence-corrected chi connectivity index (χ2v) is 4.50. The lowest BCUT2D eigenvalue weighted by molar-refractivity contribution is -0.274. The number of amides is 1. The summed E-state index contributed by atoms with van der Waals surface area (Å²) in [7, 11) is 0. The van der Waals surface area contributed by atoms with Crippen LogP contribution in [0.5, 0.6) is 5.75 Å². The predicted octanol–water partition coefficient (Wildman–Crippen LogP) is 2.37. The van der Waals surface area contributed by atoms with E-state index in [9.17, 15) is 18.0 Å². The molecule has 4 nitrogen and oxygen atoms in total. The first kappa shape index (κ1) is 17.3. The third-order valence-corrected chi connectivity index (χ3v) is 2.77. The first-order valence-electron chi connectivity index (χ1n) is 6.73. The van der Waals surface area contributed by atoms with E-state index in [1.54, 1.807) is 6.07 Å². The average Bonchev–Trinajstić information content (AvgIpc) is 2.41. The van der Waals surface area contributed by atoms with Crippen LogP contribution in [0.3, 0.4) is 0 Å². The lowest BCUT2D eigenvalue weighted by Gasteiger charge is -2.13. The predicted molar refractivity (Wildman–Crippen MR) is 72.7 cm³/mol. The van der Waals surface area contributed by atoms with Crippen LogP contribution < -0.4 is 15.8 Å². The SMILES string of the molecule is NCCCCNC(=O)CCc1ccccc1OC(F)(F)F. The van der Waals surface area contributed by atoms with E-state index in [-0.39, 0.29) is 24.5 Å². The summed E-state index contributed by atoms with van der Waals surface area (Å²) < 4.78 is 40.7. The Morgan fingerprint density at radius 1 is 1.24 bits per heavy atom. The van der Waals surface area contributed by atoms with Crippen LogP contribution in [0.2, 0.25) is 0 Å². The Balaban J connectivity index is 2.46. The number of aryl methyl sites for hydroxylation is 1. The first-order valence-corrected chi connectivity index (χ1v) is 6.73. The molecule has 1 aromatic rings. The molecule has 1 aromatic carbocycles. The standard InChI is InChI=1S/C14H19F3N2O2/c15-14(16,17)21-12-6-2-1-5-11(12)7-8-13(20)19-10-4-3-9-18/h1-2,5-6H,3-4,7-10,18H2,(H,19,20). The molecule has 0 aliphatic heterocycles. The minimum atomic E-state index is -4.74. The summed E-state index contributed by atoms with van der Waals surface area (Å²) in [5, 5.41) is 2.70. The molecule has 7 heteroatoms.